The Morgan fingerprint density at radius 2 is 2.00 bits per heavy atom. The fraction of sp³-hybridized carbons (Fsp3) is 0.267. The number of anilines is 1. The number of hydrogen-bond acceptors (Lipinski definition) is 4. The van der Waals surface area contributed by atoms with Crippen LogP contribution in [0.5, 0.6) is 0 Å². The molecule has 7 heteroatoms. The Balaban J connectivity index is 0.00000144. The van der Waals surface area contributed by atoms with E-state index in [4.69, 9.17) is 4.99 Å². The van der Waals surface area contributed by atoms with Crippen molar-refractivity contribution >= 4 is 30.1 Å². The summed E-state index contributed by atoms with van der Waals surface area (Å²) in [5.41, 5.74) is 1.69. The summed E-state index contributed by atoms with van der Waals surface area (Å²) >= 11 is 0. The van der Waals surface area contributed by atoms with E-state index < -0.39 is 0 Å². The maximum Gasteiger partial charge on any atom is 0.280 e. The first kappa shape index (κ1) is 14.6. The monoisotopic (exact) mass is 317 g/mol. The number of amides is 1. The molecule has 4 rings (SSSR count). The quantitative estimate of drug-likeness (QED) is 0.876. The molecule has 2 aliphatic heterocycles. The summed E-state index contributed by atoms with van der Waals surface area (Å²) in [7, 11) is 1.75. The predicted molar refractivity (Wildman–Crippen MR) is 86.6 cm³/mol. The molecule has 0 bridgehead atoms. The molecular formula is C15H16ClN5O. The van der Waals surface area contributed by atoms with Crippen LogP contribution in [0.15, 0.2) is 35.3 Å². The van der Waals surface area contributed by atoms with Crippen LogP contribution in [0.3, 0.4) is 0 Å². The van der Waals surface area contributed by atoms with Gasteiger partial charge in [0.25, 0.3) is 5.91 Å². The molecule has 0 fully saturated rings. The molecule has 0 aliphatic carbocycles. The third kappa shape index (κ3) is 1.99. The maximum absolute atomic E-state index is 12.4. The summed E-state index contributed by atoms with van der Waals surface area (Å²) in [5.74, 6) is 2.01. The second-order valence-corrected chi connectivity index (χ2v) is 5.35. The SMILES string of the molecule is Cc1nc2c([nH]1)C(=O)N(C)C1=N[C@@H](c3ccccc3)CN12.Cl. The average molecular weight is 318 g/mol. The molecule has 114 valence electrons. The van der Waals surface area contributed by atoms with E-state index in [1.54, 1.807) is 11.9 Å². The molecule has 0 radical (unpaired) electrons. The van der Waals surface area contributed by atoms with Crippen molar-refractivity contribution in [3.63, 3.8) is 0 Å². The lowest BCUT2D eigenvalue weighted by atomic mass is 10.1. The molecule has 6 nitrogen and oxygen atoms in total. The number of aromatic amines is 1. The first-order chi connectivity index (χ1) is 10.1. The van der Waals surface area contributed by atoms with Crippen LogP contribution >= 0.6 is 12.4 Å². The number of nitrogens with one attached hydrogen (secondary N) is 1. The minimum Gasteiger partial charge on any atom is -0.336 e. The zero-order chi connectivity index (χ0) is 14.6. The second-order valence-electron chi connectivity index (χ2n) is 5.35. The van der Waals surface area contributed by atoms with E-state index in [2.05, 4.69) is 22.1 Å². The van der Waals surface area contributed by atoms with Gasteiger partial charge in [0.15, 0.2) is 5.82 Å². The van der Waals surface area contributed by atoms with Crippen molar-refractivity contribution in [2.45, 2.75) is 13.0 Å². The van der Waals surface area contributed by atoms with E-state index in [9.17, 15) is 4.79 Å². The van der Waals surface area contributed by atoms with Crippen LogP contribution in [-0.4, -0.2) is 40.3 Å². The second kappa shape index (κ2) is 5.14. The number of fused-ring (bicyclic) bond motifs is 3. The largest absolute Gasteiger partial charge is 0.336 e. The van der Waals surface area contributed by atoms with Gasteiger partial charge in [-0.25, -0.2) is 9.98 Å². The van der Waals surface area contributed by atoms with E-state index in [-0.39, 0.29) is 24.4 Å². The maximum atomic E-state index is 12.4. The minimum atomic E-state index is -0.0886. The van der Waals surface area contributed by atoms with Gasteiger partial charge >= 0.3 is 0 Å². The smallest absolute Gasteiger partial charge is 0.280 e. The normalized spacial score (nSPS) is 19.5. The van der Waals surface area contributed by atoms with Gasteiger partial charge in [-0.1, -0.05) is 30.3 Å². The highest BCUT2D eigenvalue weighted by atomic mass is 35.5. The van der Waals surface area contributed by atoms with E-state index in [1.807, 2.05) is 30.0 Å². The van der Waals surface area contributed by atoms with Crippen LogP contribution < -0.4 is 4.90 Å². The van der Waals surface area contributed by atoms with E-state index in [0.29, 0.717) is 24.0 Å². The van der Waals surface area contributed by atoms with Crippen LogP contribution in [0, 0.1) is 6.92 Å². The average Bonchev–Trinajstić information content (AvgIpc) is 3.09. The summed E-state index contributed by atoms with van der Waals surface area (Å²) in [4.78, 5) is 28.2. The summed E-state index contributed by atoms with van der Waals surface area (Å²) in [6, 6.07) is 10.2. The Labute approximate surface area is 134 Å². The van der Waals surface area contributed by atoms with E-state index >= 15 is 0 Å². The number of carbonyl (C=O) groups excluding carboxylic acids is 1. The van der Waals surface area contributed by atoms with Crippen molar-refractivity contribution in [3.05, 3.63) is 47.4 Å². The molecule has 0 unspecified atom stereocenters. The van der Waals surface area contributed by atoms with Crippen LogP contribution in [0.25, 0.3) is 0 Å². The molecule has 3 heterocycles. The van der Waals surface area contributed by atoms with Crippen molar-refractivity contribution in [1.29, 1.82) is 0 Å². The van der Waals surface area contributed by atoms with Crippen molar-refractivity contribution in [2.75, 3.05) is 18.5 Å². The highest BCUT2D eigenvalue weighted by molar-refractivity contribution is 6.17. The molecule has 22 heavy (non-hydrogen) atoms. The van der Waals surface area contributed by atoms with Crippen LogP contribution in [0.2, 0.25) is 0 Å². The zero-order valence-electron chi connectivity index (χ0n) is 12.3. The number of aryl methyl sites for hydroxylation is 1. The Bertz CT molecular complexity index is 755. The van der Waals surface area contributed by atoms with Crippen LogP contribution in [0.1, 0.15) is 27.9 Å². The van der Waals surface area contributed by atoms with E-state index in [0.717, 1.165) is 11.4 Å². The van der Waals surface area contributed by atoms with Crippen LogP contribution in [0.4, 0.5) is 5.82 Å². The molecule has 1 amide bonds. The molecule has 0 spiro atoms. The van der Waals surface area contributed by atoms with Crippen molar-refractivity contribution < 1.29 is 4.79 Å². The van der Waals surface area contributed by atoms with Crippen molar-refractivity contribution in [3.8, 4) is 0 Å². The van der Waals surface area contributed by atoms with Crippen molar-refractivity contribution in [1.82, 2.24) is 14.9 Å². The van der Waals surface area contributed by atoms with E-state index in [1.165, 1.54) is 0 Å². The number of hydrogen-bond donors (Lipinski definition) is 1. The van der Waals surface area contributed by atoms with Gasteiger partial charge in [-0.05, 0) is 12.5 Å². The molecule has 0 saturated carbocycles. The molecule has 2 aromatic rings. The molecule has 1 aromatic carbocycles. The first-order valence-corrected chi connectivity index (χ1v) is 6.90. The lowest BCUT2D eigenvalue weighted by Crippen LogP contribution is -2.48. The molecule has 1 aromatic heterocycles. The summed E-state index contributed by atoms with van der Waals surface area (Å²) in [5, 5.41) is 0. The number of aliphatic imine (C=N–C) groups is 1. The number of rotatable bonds is 1. The fourth-order valence-electron chi connectivity index (χ4n) is 2.89. The zero-order valence-corrected chi connectivity index (χ0v) is 13.1. The van der Waals surface area contributed by atoms with Gasteiger partial charge in [0.2, 0.25) is 5.96 Å². The number of H-pyrrole nitrogens is 1. The Morgan fingerprint density at radius 3 is 2.73 bits per heavy atom. The first-order valence-electron chi connectivity index (χ1n) is 6.90. The number of carbonyl (C=O) groups is 1. The van der Waals surface area contributed by atoms with Crippen molar-refractivity contribution in [2.24, 2.45) is 4.99 Å². The number of imidazole rings is 1. The molecule has 1 N–H and O–H groups in total. The number of nitrogens with zero attached hydrogens (tertiary/aromatic N) is 4. The summed E-state index contributed by atoms with van der Waals surface area (Å²) in [6.45, 7) is 2.56. The Kier molecular flexibility index (Phi) is 3.41. The third-order valence-corrected chi connectivity index (χ3v) is 3.93. The Morgan fingerprint density at radius 1 is 1.27 bits per heavy atom. The fourth-order valence-corrected chi connectivity index (χ4v) is 2.89. The van der Waals surface area contributed by atoms with Gasteiger partial charge in [0, 0.05) is 7.05 Å². The van der Waals surface area contributed by atoms with Gasteiger partial charge in [0.1, 0.15) is 11.5 Å². The number of aromatic nitrogens is 2. The number of guanidine groups is 1. The number of halogens is 1. The standard InChI is InChI=1S/C15H15N5O.ClH/c1-9-16-12-13(17-9)20-8-11(10-6-4-3-5-7-10)18-15(20)19(2)14(12)21;/h3-7,11H,8H2,1-2H3,(H,16,17);1H/t11-;/m1./s1. The number of benzene rings is 1. The Hall–Kier alpha value is -2.34. The van der Waals surface area contributed by atoms with Gasteiger partial charge in [0.05, 0.1) is 12.6 Å². The van der Waals surface area contributed by atoms with Gasteiger partial charge in [-0.15, -0.1) is 12.4 Å². The molecule has 0 saturated heterocycles. The predicted octanol–water partition coefficient (Wildman–Crippen LogP) is 2.14. The van der Waals surface area contributed by atoms with Crippen LogP contribution in [-0.2, 0) is 0 Å². The summed E-state index contributed by atoms with van der Waals surface area (Å²) in [6.07, 6.45) is 0. The van der Waals surface area contributed by atoms with Gasteiger partial charge < -0.3 is 4.98 Å². The van der Waals surface area contributed by atoms with Gasteiger partial charge in [-0.3, -0.25) is 14.6 Å². The molecular weight excluding hydrogens is 302 g/mol. The minimum absolute atomic E-state index is 0. The molecule has 2 aliphatic rings. The highest BCUT2D eigenvalue weighted by Crippen LogP contribution is 2.34. The topological polar surface area (TPSA) is 64.6 Å². The lowest BCUT2D eigenvalue weighted by molar-refractivity contribution is 0.0860. The highest BCUT2D eigenvalue weighted by Gasteiger charge is 2.40. The lowest BCUT2D eigenvalue weighted by Gasteiger charge is -2.30. The summed E-state index contributed by atoms with van der Waals surface area (Å²) < 4.78 is 0. The van der Waals surface area contributed by atoms with Gasteiger partial charge in [-0.2, -0.15) is 0 Å². The molecule has 1 atom stereocenters. The third-order valence-electron chi connectivity index (χ3n) is 3.93.